The van der Waals surface area contributed by atoms with E-state index in [1.54, 1.807) is 0 Å². The Morgan fingerprint density at radius 1 is 0.360 bits per heavy atom. The second-order valence-electron chi connectivity index (χ2n) is 14.8. The first-order chi connectivity index (χ1) is 24.3. The Morgan fingerprint density at radius 3 is 1.20 bits per heavy atom. The lowest BCUT2D eigenvalue weighted by Crippen LogP contribution is -2.43. The molecule has 0 saturated heterocycles. The molecule has 0 unspecified atom stereocenters. The quantitative estimate of drug-likeness (QED) is 0.0767. The maximum Gasteiger partial charge on any atom is 0.146 e. The highest BCUT2D eigenvalue weighted by Gasteiger charge is 2.41. The minimum Gasteiger partial charge on any atom is -0.125 e. The largest absolute Gasteiger partial charge is 0.146 e. The Balaban J connectivity index is 1.51. The van der Waals surface area contributed by atoms with E-state index < -0.39 is 8.07 Å². The molecule has 50 heavy (non-hydrogen) atoms. The zero-order chi connectivity index (χ0) is 34.6. The van der Waals surface area contributed by atoms with Gasteiger partial charge in [-0.3, -0.25) is 0 Å². The van der Waals surface area contributed by atoms with Crippen LogP contribution in [0.5, 0.6) is 0 Å². The Bertz CT molecular complexity index is 2640. The van der Waals surface area contributed by atoms with Crippen LogP contribution >= 0.6 is 0 Å². The minimum absolute atomic E-state index is 0.552. The summed E-state index contributed by atoms with van der Waals surface area (Å²) in [7, 11) is -2.00. The van der Waals surface area contributed by atoms with E-state index in [-0.39, 0.29) is 0 Å². The smallest absolute Gasteiger partial charge is 0.125 e. The van der Waals surface area contributed by atoms with Crippen LogP contribution in [0.15, 0.2) is 127 Å². The van der Waals surface area contributed by atoms with Gasteiger partial charge in [0.2, 0.25) is 0 Å². The molecule has 0 radical (unpaired) electrons. The molecule has 8 aromatic rings. The van der Waals surface area contributed by atoms with Crippen molar-refractivity contribution in [1.82, 2.24) is 0 Å². The first kappa shape index (κ1) is 31.9. The molecule has 8 aromatic carbocycles. The molecule has 0 saturated carbocycles. The fraction of sp³-hybridized carbons (Fsp3) is 0.184. The average Bonchev–Trinajstić information content (AvgIpc) is 3.12. The molecule has 0 bridgehead atoms. The third-order valence-electron chi connectivity index (χ3n) is 11.2. The van der Waals surface area contributed by atoms with E-state index in [4.69, 9.17) is 0 Å². The van der Waals surface area contributed by atoms with Gasteiger partial charge >= 0.3 is 0 Å². The minimum atomic E-state index is -2.00. The molecule has 0 heterocycles. The van der Waals surface area contributed by atoms with Crippen molar-refractivity contribution in [3.8, 4) is 23.3 Å². The predicted molar refractivity (Wildman–Crippen MR) is 222 cm³/mol. The molecule has 0 spiro atoms. The van der Waals surface area contributed by atoms with Crippen molar-refractivity contribution in [1.29, 1.82) is 0 Å². The lowest BCUT2D eigenvalue weighted by Gasteiger charge is -2.38. The number of fused-ring (bicyclic) bond motifs is 7. The van der Waals surface area contributed by atoms with Crippen molar-refractivity contribution in [3.05, 3.63) is 144 Å². The van der Waals surface area contributed by atoms with E-state index in [0.717, 1.165) is 16.7 Å². The first-order valence-corrected chi connectivity index (χ1v) is 20.3. The SMILES string of the molecule is CC(C)[Si](C#Cc1c2cc3ccccc3cc2c(C#Cc2cc3ccccc3c3ccccc23)c2cc3ccccc3cc12)(C(C)C)C(C)C. The number of hydrogen-bond acceptors (Lipinski definition) is 0. The fourth-order valence-corrected chi connectivity index (χ4v) is 14.0. The van der Waals surface area contributed by atoms with Crippen LogP contribution < -0.4 is 0 Å². The molecule has 0 fully saturated rings. The van der Waals surface area contributed by atoms with Crippen LogP contribution in [0.3, 0.4) is 0 Å². The number of benzene rings is 8. The van der Waals surface area contributed by atoms with Gasteiger partial charge in [-0.15, -0.1) is 5.54 Å². The highest BCUT2D eigenvalue weighted by Crippen LogP contribution is 2.42. The van der Waals surface area contributed by atoms with Gasteiger partial charge in [-0.1, -0.05) is 156 Å². The average molecular weight is 659 g/mol. The molecule has 8 rings (SSSR count). The molecule has 242 valence electrons. The normalized spacial score (nSPS) is 12.0. The van der Waals surface area contributed by atoms with Crippen molar-refractivity contribution in [2.75, 3.05) is 0 Å². The highest BCUT2D eigenvalue weighted by molar-refractivity contribution is 6.90. The van der Waals surface area contributed by atoms with Crippen LogP contribution in [0.1, 0.15) is 58.2 Å². The van der Waals surface area contributed by atoms with Gasteiger partial charge in [0.15, 0.2) is 0 Å². The Morgan fingerprint density at radius 2 is 0.740 bits per heavy atom. The maximum absolute atomic E-state index is 4.10. The Kier molecular flexibility index (Phi) is 7.99. The second kappa shape index (κ2) is 12.5. The third-order valence-corrected chi connectivity index (χ3v) is 17.5. The molecule has 0 amide bonds. The summed E-state index contributed by atoms with van der Waals surface area (Å²) in [6.45, 7) is 14.4. The van der Waals surface area contributed by atoms with E-state index in [2.05, 4.69) is 192 Å². The topological polar surface area (TPSA) is 0 Å². The van der Waals surface area contributed by atoms with Gasteiger partial charge in [0.25, 0.3) is 0 Å². The zero-order valence-corrected chi connectivity index (χ0v) is 30.9. The summed E-state index contributed by atoms with van der Waals surface area (Å²) in [6.07, 6.45) is 0. The number of hydrogen-bond donors (Lipinski definition) is 0. The molecular weight excluding hydrogens is 617 g/mol. The summed E-state index contributed by atoms with van der Waals surface area (Å²) in [5, 5.41) is 14.5. The van der Waals surface area contributed by atoms with Crippen LogP contribution in [-0.4, -0.2) is 8.07 Å². The van der Waals surface area contributed by atoms with Gasteiger partial charge in [0.1, 0.15) is 8.07 Å². The molecule has 0 aromatic heterocycles. The summed E-state index contributed by atoms with van der Waals surface area (Å²) in [5.41, 5.74) is 9.00. The van der Waals surface area contributed by atoms with Crippen molar-refractivity contribution in [2.45, 2.75) is 58.2 Å². The standard InChI is InChI=1S/C49H42Si/c1-32(2)50(33(3)4,34(5)6)26-25-45-48-30-37-17-9-7-15-35(37)28-46(48)44(47-29-36-16-8-10-18-38(36)31-49(45)47)24-23-40-27-39-19-11-12-20-41(39)43-22-14-13-21-42(40)43/h7-22,27-34H,1-6H3. The highest BCUT2D eigenvalue weighted by atomic mass is 28.3. The number of rotatable bonds is 3. The van der Waals surface area contributed by atoms with Crippen molar-refractivity contribution in [3.63, 3.8) is 0 Å². The monoisotopic (exact) mass is 658 g/mol. The maximum atomic E-state index is 4.10. The zero-order valence-electron chi connectivity index (χ0n) is 29.9. The molecule has 0 aliphatic rings. The van der Waals surface area contributed by atoms with Gasteiger partial charge in [-0.25, -0.2) is 0 Å². The molecular formula is C49H42Si. The predicted octanol–water partition coefficient (Wildman–Crippen LogP) is 13.6. The van der Waals surface area contributed by atoms with Gasteiger partial charge in [-0.2, -0.15) is 0 Å². The molecule has 0 nitrogen and oxygen atoms in total. The van der Waals surface area contributed by atoms with Gasteiger partial charge < -0.3 is 0 Å². The fourth-order valence-electron chi connectivity index (χ4n) is 8.76. The van der Waals surface area contributed by atoms with E-state index in [0.29, 0.717) is 16.6 Å². The second-order valence-corrected chi connectivity index (χ2v) is 20.4. The molecule has 0 aliphatic heterocycles. The summed E-state index contributed by atoms with van der Waals surface area (Å²) >= 11 is 0. The van der Waals surface area contributed by atoms with Crippen LogP contribution in [0, 0.1) is 23.3 Å². The van der Waals surface area contributed by atoms with Crippen LogP contribution in [0.4, 0.5) is 0 Å². The van der Waals surface area contributed by atoms with E-state index in [1.807, 2.05) is 0 Å². The van der Waals surface area contributed by atoms with Crippen LogP contribution in [-0.2, 0) is 0 Å². The van der Waals surface area contributed by atoms with Crippen LogP contribution in [0.25, 0.3) is 64.6 Å². The van der Waals surface area contributed by atoms with E-state index in [1.165, 1.54) is 64.6 Å². The summed E-state index contributed by atoms with van der Waals surface area (Å²) < 4.78 is 0. The first-order valence-electron chi connectivity index (χ1n) is 18.0. The lowest BCUT2D eigenvalue weighted by molar-refractivity contribution is 0.838. The molecule has 0 aliphatic carbocycles. The molecule has 1 heteroatoms. The van der Waals surface area contributed by atoms with E-state index in [9.17, 15) is 0 Å². The summed E-state index contributed by atoms with van der Waals surface area (Å²) in [5.74, 6) is 11.5. The van der Waals surface area contributed by atoms with Gasteiger partial charge in [0.05, 0.1) is 0 Å². The van der Waals surface area contributed by atoms with E-state index >= 15 is 0 Å². The van der Waals surface area contributed by atoms with Crippen molar-refractivity contribution < 1.29 is 0 Å². The Hall–Kier alpha value is -5.34. The van der Waals surface area contributed by atoms with Gasteiger partial charge in [-0.05, 0) is 112 Å². The van der Waals surface area contributed by atoms with Crippen LogP contribution in [0.2, 0.25) is 16.6 Å². The van der Waals surface area contributed by atoms with Crippen molar-refractivity contribution in [2.24, 2.45) is 0 Å². The third kappa shape index (κ3) is 5.17. The van der Waals surface area contributed by atoms with Crippen molar-refractivity contribution >= 4 is 72.7 Å². The summed E-state index contributed by atoms with van der Waals surface area (Å²) in [6, 6.07) is 46.4. The Labute approximate surface area is 297 Å². The summed E-state index contributed by atoms with van der Waals surface area (Å²) in [4.78, 5) is 0. The molecule has 0 N–H and O–H groups in total. The lowest BCUT2D eigenvalue weighted by atomic mass is 9.88. The van der Waals surface area contributed by atoms with Gasteiger partial charge in [0, 0.05) is 16.7 Å². The molecule has 0 atom stereocenters.